The van der Waals surface area contributed by atoms with Crippen molar-refractivity contribution < 1.29 is 22.3 Å². The van der Waals surface area contributed by atoms with Crippen LogP contribution in [0.25, 0.3) is 16.6 Å². The average Bonchev–Trinajstić information content (AvgIpc) is 3.20. The third kappa shape index (κ3) is 4.44. The van der Waals surface area contributed by atoms with Crippen LogP contribution in [-0.2, 0) is 6.18 Å². The Morgan fingerprint density at radius 3 is 2.35 bits per heavy atom. The minimum Gasteiger partial charge on any atom is -0.490 e. The highest BCUT2D eigenvalue weighted by Crippen LogP contribution is 2.44. The van der Waals surface area contributed by atoms with Gasteiger partial charge in [-0.1, -0.05) is 36.2 Å². The van der Waals surface area contributed by atoms with Crippen molar-refractivity contribution >= 4 is 28.7 Å². The van der Waals surface area contributed by atoms with E-state index >= 15 is 4.39 Å². The predicted molar refractivity (Wildman–Crippen MR) is 123 cm³/mol. The molecule has 0 aliphatic rings. The summed E-state index contributed by atoms with van der Waals surface area (Å²) in [6.07, 6.45) is -0.591. The SMILES string of the molecule is CC(C)Oc1c(C(C)c2ncc3c(Cl)cccn23)cc(Cl)c(F)c1-c1ccc(C(F)(F)F)nc1. The molecule has 3 aromatic heterocycles. The predicted octanol–water partition coefficient (Wildman–Crippen LogP) is 7.80. The van der Waals surface area contributed by atoms with Crippen LogP contribution in [0.1, 0.15) is 43.8 Å². The summed E-state index contributed by atoms with van der Waals surface area (Å²) >= 11 is 12.5. The normalized spacial score (nSPS) is 13.0. The summed E-state index contributed by atoms with van der Waals surface area (Å²) in [4.78, 5) is 7.97. The van der Waals surface area contributed by atoms with Crippen LogP contribution in [0.15, 0.2) is 48.9 Å². The maximum Gasteiger partial charge on any atom is 0.433 e. The van der Waals surface area contributed by atoms with E-state index in [9.17, 15) is 13.2 Å². The molecule has 0 amide bonds. The Labute approximate surface area is 203 Å². The molecule has 1 atom stereocenters. The molecular weight excluding hydrogens is 493 g/mol. The summed E-state index contributed by atoms with van der Waals surface area (Å²) < 4.78 is 62.1. The van der Waals surface area contributed by atoms with Crippen LogP contribution in [0.5, 0.6) is 5.75 Å². The number of rotatable bonds is 5. The van der Waals surface area contributed by atoms with Crippen molar-refractivity contribution in [3.05, 3.63) is 81.9 Å². The van der Waals surface area contributed by atoms with E-state index in [0.29, 0.717) is 21.9 Å². The monoisotopic (exact) mass is 511 g/mol. The topological polar surface area (TPSA) is 39.4 Å². The van der Waals surface area contributed by atoms with E-state index in [-0.39, 0.29) is 28.0 Å². The van der Waals surface area contributed by atoms with Gasteiger partial charge in [0.25, 0.3) is 0 Å². The average molecular weight is 512 g/mol. The number of imidazole rings is 1. The molecule has 0 aliphatic heterocycles. The molecule has 178 valence electrons. The molecular formula is C24H19Cl2F4N3O. The first kappa shape index (κ1) is 24.3. The number of alkyl halides is 3. The summed E-state index contributed by atoms with van der Waals surface area (Å²) in [5, 5.41) is 0.313. The number of hydrogen-bond donors (Lipinski definition) is 0. The van der Waals surface area contributed by atoms with Gasteiger partial charge in [-0.3, -0.25) is 4.98 Å². The van der Waals surface area contributed by atoms with Gasteiger partial charge < -0.3 is 9.14 Å². The highest BCUT2D eigenvalue weighted by Gasteiger charge is 2.33. The molecule has 0 radical (unpaired) electrons. The summed E-state index contributed by atoms with van der Waals surface area (Å²) in [5.74, 6) is -0.491. The van der Waals surface area contributed by atoms with E-state index in [2.05, 4.69) is 9.97 Å². The second-order valence-electron chi connectivity index (χ2n) is 8.01. The smallest absolute Gasteiger partial charge is 0.433 e. The highest BCUT2D eigenvalue weighted by molar-refractivity contribution is 6.33. The van der Waals surface area contributed by atoms with Gasteiger partial charge in [-0.05, 0) is 38.1 Å². The summed E-state index contributed by atoms with van der Waals surface area (Å²) in [5.41, 5.74) is 0.163. The number of nitrogens with zero attached hydrogens (tertiary/aromatic N) is 3. The zero-order chi connectivity index (χ0) is 24.8. The van der Waals surface area contributed by atoms with Gasteiger partial charge in [0.05, 0.1) is 33.4 Å². The Bertz CT molecular complexity index is 1350. The lowest BCUT2D eigenvalue weighted by Gasteiger charge is -2.23. The maximum absolute atomic E-state index is 15.3. The standard InChI is InChI=1S/C24H19Cl2F4N3O/c1-12(2)34-22-15(13(3)23-32-11-18-16(25)5-4-8-33(18)23)9-17(26)21(27)20(22)14-6-7-19(31-10-14)24(28,29)30/h4-13H,1-3H3. The molecule has 0 saturated heterocycles. The van der Waals surface area contributed by atoms with Crippen LogP contribution in [0.2, 0.25) is 10.0 Å². The first-order chi connectivity index (χ1) is 16.0. The third-order valence-corrected chi connectivity index (χ3v) is 5.89. The fraction of sp³-hybridized carbons (Fsp3) is 0.250. The largest absolute Gasteiger partial charge is 0.490 e. The molecule has 0 spiro atoms. The Morgan fingerprint density at radius 2 is 1.74 bits per heavy atom. The molecule has 0 N–H and O–H groups in total. The molecule has 4 nitrogen and oxygen atoms in total. The van der Waals surface area contributed by atoms with E-state index in [1.807, 2.05) is 11.3 Å². The van der Waals surface area contributed by atoms with Gasteiger partial charge in [0.2, 0.25) is 0 Å². The lowest BCUT2D eigenvalue weighted by atomic mass is 9.93. The first-order valence-electron chi connectivity index (χ1n) is 10.3. The molecule has 3 heterocycles. The van der Waals surface area contributed by atoms with Crippen LogP contribution in [-0.4, -0.2) is 20.5 Å². The third-order valence-electron chi connectivity index (χ3n) is 5.30. The van der Waals surface area contributed by atoms with Crippen molar-refractivity contribution in [2.75, 3.05) is 0 Å². The quantitative estimate of drug-likeness (QED) is 0.256. The van der Waals surface area contributed by atoms with Crippen LogP contribution < -0.4 is 4.74 Å². The first-order valence-corrected chi connectivity index (χ1v) is 11.1. The fourth-order valence-corrected chi connectivity index (χ4v) is 4.17. The van der Waals surface area contributed by atoms with Crippen molar-refractivity contribution in [2.45, 2.75) is 39.0 Å². The molecule has 4 aromatic rings. The van der Waals surface area contributed by atoms with Crippen LogP contribution in [0, 0.1) is 5.82 Å². The van der Waals surface area contributed by atoms with Gasteiger partial charge in [0.1, 0.15) is 17.3 Å². The van der Waals surface area contributed by atoms with Gasteiger partial charge in [0.15, 0.2) is 5.82 Å². The number of benzene rings is 1. The van der Waals surface area contributed by atoms with Crippen LogP contribution in [0.4, 0.5) is 17.6 Å². The van der Waals surface area contributed by atoms with Gasteiger partial charge in [-0.2, -0.15) is 13.2 Å². The van der Waals surface area contributed by atoms with Gasteiger partial charge in [0, 0.05) is 29.4 Å². The van der Waals surface area contributed by atoms with Crippen molar-refractivity contribution in [3.8, 4) is 16.9 Å². The molecule has 4 rings (SSSR count). The zero-order valence-corrected chi connectivity index (χ0v) is 19.8. The van der Waals surface area contributed by atoms with Crippen LogP contribution >= 0.6 is 23.2 Å². The molecule has 0 saturated carbocycles. The number of fused-ring (bicyclic) bond motifs is 1. The summed E-state index contributed by atoms with van der Waals surface area (Å²) in [7, 11) is 0. The lowest BCUT2D eigenvalue weighted by Crippen LogP contribution is -2.13. The van der Waals surface area contributed by atoms with Gasteiger partial charge in [-0.25, -0.2) is 9.37 Å². The van der Waals surface area contributed by atoms with E-state index < -0.39 is 23.6 Å². The molecule has 0 bridgehead atoms. The van der Waals surface area contributed by atoms with E-state index in [0.717, 1.165) is 18.3 Å². The van der Waals surface area contributed by atoms with E-state index in [1.54, 1.807) is 38.4 Å². The number of pyridine rings is 2. The number of hydrogen-bond acceptors (Lipinski definition) is 3. The Kier molecular flexibility index (Phi) is 6.48. The minimum absolute atomic E-state index is 0.0665. The van der Waals surface area contributed by atoms with Crippen LogP contribution in [0.3, 0.4) is 0 Å². The fourth-order valence-electron chi connectivity index (χ4n) is 3.75. The minimum atomic E-state index is -4.62. The Hall–Kier alpha value is -2.84. The zero-order valence-electron chi connectivity index (χ0n) is 18.3. The van der Waals surface area contributed by atoms with Crippen molar-refractivity contribution in [1.82, 2.24) is 14.4 Å². The maximum atomic E-state index is 15.3. The van der Waals surface area contributed by atoms with Crippen molar-refractivity contribution in [1.29, 1.82) is 0 Å². The van der Waals surface area contributed by atoms with E-state index in [1.165, 1.54) is 6.07 Å². The molecule has 1 unspecified atom stereocenters. The second kappa shape index (κ2) is 9.07. The summed E-state index contributed by atoms with van der Waals surface area (Å²) in [6, 6.07) is 6.91. The van der Waals surface area contributed by atoms with Gasteiger partial charge in [-0.15, -0.1) is 0 Å². The van der Waals surface area contributed by atoms with E-state index in [4.69, 9.17) is 27.9 Å². The number of aromatic nitrogens is 3. The highest BCUT2D eigenvalue weighted by atomic mass is 35.5. The lowest BCUT2D eigenvalue weighted by molar-refractivity contribution is -0.141. The summed E-state index contributed by atoms with van der Waals surface area (Å²) in [6.45, 7) is 5.38. The van der Waals surface area contributed by atoms with Gasteiger partial charge >= 0.3 is 6.18 Å². The van der Waals surface area contributed by atoms with Crippen molar-refractivity contribution in [2.24, 2.45) is 0 Å². The molecule has 10 heteroatoms. The Balaban J connectivity index is 1.93. The molecule has 0 fully saturated rings. The Morgan fingerprint density at radius 1 is 1.00 bits per heavy atom. The molecule has 34 heavy (non-hydrogen) atoms. The molecule has 0 aliphatic carbocycles. The van der Waals surface area contributed by atoms with Crippen molar-refractivity contribution in [3.63, 3.8) is 0 Å². The second-order valence-corrected chi connectivity index (χ2v) is 8.83. The number of ether oxygens (including phenoxy) is 1. The molecule has 1 aromatic carbocycles. The number of halogens is 6.